The zero-order valence-electron chi connectivity index (χ0n) is 20.7. The molecule has 1 aliphatic carbocycles. The summed E-state index contributed by atoms with van der Waals surface area (Å²) < 4.78 is 58.7. The number of hydrogen-bond acceptors (Lipinski definition) is 9. The third-order valence-electron chi connectivity index (χ3n) is 6.16. The molecule has 3 aromatic carbocycles. The maximum absolute atomic E-state index is 12.8. The van der Waals surface area contributed by atoms with Crippen molar-refractivity contribution in [1.82, 2.24) is 14.0 Å². The minimum Gasteiger partial charge on any atom is -0.395 e. The summed E-state index contributed by atoms with van der Waals surface area (Å²) in [6.07, 6.45) is 0. The predicted molar refractivity (Wildman–Crippen MR) is 148 cm³/mol. The number of hydrogen-bond donors (Lipinski definition) is 4. The van der Waals surface area contributed by atoms with Crippen molar-refractivity contribution in [3.63, 3.8) is 0 Å². The Morgan fingerprint density at radius 1 is 0.769 bits per heavy atom. The van der Waals surface area contributed by atoms with Crippen molar-refractivity contribution in [3.05, 3.63) is 76.6 Å². The molecule has 5 rings (SSSR count). The molecule has 39 heavy (non-hydrogen) atoms. The lowest BCUT2D eigenvalue weighted by Crippen LogP contribution is -2.26. The highest BCUT2D eigenvalue weighted by molar-refractivity contribution is 7.89. The molecule has 0 fully saturated rings. The molecule has 0 spiro atoms. The standard InChI is InChI=1S/C25H25N5O6S3/c1-30-22-4-2-3-5-23(22)37-25(30)29-28-24-20-14-16(38(33,34)26-10-12-31)6-8-18(20)19-9-7-17(15-21(19)24)39(35,36)27-11-13-32/h2-9,14-15,26-27,31-32H,10-13H2,1H3/b29-25+. The minimum atomic E-state index is -3.91. The number of nitrogens with zero attached hydrogens (tertiary/aromatic N) is 3. The smallest absolute Gasteiger partial charge is 0.240 e. The molecule has 0 radical (unpaired) electrons. The number of fused-ring (bicyclic) bond motifs is 4. The van der Waals surface area contributed by atoms with Crippen LogP contribution in [0.25, 0.3) is 21.3 Å². The van der Waals surface area contributed by atoms with Crippen LogP contribution in [0, 0.1) is 0 Å². The number of benzene rings is 3. The first-order valence-electron chi connectivity index (χ1n) is 11.8. The molecular formula is C25H25N5O6S3. The average molecular weight is 588 g/mol. The average Bonchev–Trinajstić information content (AvgIpc) is 3.42. The van der Waals surface area contributed by atoms with E-state index in [0.717, 1.165) is 10.2 Å². The van der Waals surface area contributed by atoms with Crippen molar-refractivity contribution in [2.75, 3.05) is 26.3 Å². The van der Waals surface area contributed by atoms with Crippen LogP contribution in [-0.4, -0.2) is 63.6 Å². The molecule has 0 atom stereocenters. The van der Waals surface area contributed by atoms with E-state index in [1.54, 1.807) is 12.1 Å². The molecule has 0 saturated heterocycles. The normalized spacial score (nSPS) is 13.6. The number of aliphatic hydroxyl groups is 2. The summed E-state index contributed by atoms with van der Waals surface area (Å²) in [5.74, 6) is 0. The minimum absolute atomic E-state index is 0.0277. The van der Waals surface area contributed by atoms with Gasteiger partial charge < -0.3 is 14.8 Å². The van der Waals surface area contributed by atoms with Crippen LogP contribution in [0.15, 0.2) is 80.7 Å². The molecule has 1 aromatic heterocycles. The Bertz CT molecular complexity index is 1800. The zero-order valence-corrected chi connectivity index (χ0v) is 23.1. The Kier molecular flexibility index (Phi) is 7.52. The van der Waals surface area contributed by atoms with E-state index in [2.05, 4.69) is 19.6 Å². The lowest BCUT2D eigenvalue weighted by atomic mass is 10.1. The van der Waals surface area contributed by atoms with Crippen LogP contribution in [-0.2, 0) is 27.1 Å². The fourth-order valence-corrected chi connectivity index (χ4v) is 7.36. The van der Waals surface area contributed by atoms with Gasteiger partial charge in [-0.2, -0.15) is 0 Å². The second kappa shape index (κ2) is 10.7. The Hall–Kier alpha value is -3.24. The summed E-state index contributed by atoms with van der Waals surface area (Å²) in [5, 5.41) is 27.1. The van der Waals surface area contributed by atoms with Gasteiger partial charge in [-0.3, -0.25) is 0 Å². The second-order valence-electron chi connectivity index (χ2n) is 8.62. The van der Waals surface area contributed by atoms with E-state index >= 15 is 0 Å². The van der Waals surface area contributed by atoms with Gasteiger partial charge in [-0.1, -0.05) is 35.6 Å². The Morgan fingerprint density at radius 3 is 1.82 bits per heavy atom. The van der Waals surface area contributed by atoms with Gasteiger partial charge >= 0.3 is 0 Å². The molecule has 14 heteroatoms. The van der Waals surface area contributed by atoms with E-state index in [-0.39, 0.29) is 36.1 Å². The van der Waals surface area contributed by atoms with Crippen LogP contribution in [0.4, 0.5) is 0 Å². The number of rotatable bonds is 9. The third-order valence-corrected chi connectivity index (χ3v) is 10.2. The molecule has 1 heterocycles. The number of sulfonamides is 2. The van der Waals surface area contributed by atoms with E-state index < -0.39 is 20.0 Å². The first kappa shape index (κ1) is 27.3. The topological polar surface area (TPSA) is 162 Å². The van der Waals surface area contributed by atoms with Gasteiger partial charge in [-0.15, -0.1) is 10.2 Å². The maximum Gasteiger partial charge on any atom is 0.240 e. The number of aryl methyl sites for hydroxylation is 1. The summed E-state index contributed by atoms with van der Waals surface area (Å²) >= 11 is 1.43. The quantitative estimate of drug-likeness (QED) is 0.189. The van der Waals surface area contributed by atoms with Crippen molar-refractivity contribution in [2.45, 2.75) is 9.79 Å². The van der Waals surface area contributed by atoms with Gasteiger partial charge in [0.25, 0.3) is 0 Å². The van der Waals surface area contributed by atoms with Crippen LogP contribution in [0.1, 0.15) is 11.1 Å². The Balaban J connectivity index is 1.70. The van der Waals surface area contributed by atoms with Gasteiger partial charge in [0.15, 0.2) is 0 Å². The lowest BCUT2D eigenvalue weighted by Gasteiger charge is -2.08. The SMILES string of the molecule is Cn1/c(=N\N=C2c3cc(S(=O)(=O)NCCO)ccc3-c3ccc(S(=O)(=O)NCCO)cc32)sc2ccccc21. The van der Waals surface area contributed by atoms with Crippen LogP contribution < -0.4 is 14.2 Å². The number of thiazole rings is 1. The van der Waals surface area contributed by atoms with Crippen LogP contribution in [0.5, 0.6) is 0 Å². The fourth-order valence-electron chi connectivity index (χ4n) is 4.29. The lowest BCUT2D eigenvalue weighted by molar-refractivity contribution is 0.300. The molecule has 0 saturated carbocycles. The van der Waals surface area contributed by atoms with Crippen molar-refractivity contribution < 1.29 is 27.0 Å². The number of aliphatic hydroxyl groups excluding tert-OH is 2. The van der Waals surface area contributed by atoms with Gasteiger partial charge in [-0.05, 0) is 47.5 Å². The molecule has 0 unspecified atom stereocenters. The molecule has 0 bridgehead atoms. The molecule has 1 aliphatic rings. The van der Waals surface area contributed by atoms with Gasteiger partial charge in [-0.25, -0.2) is 26.3 Å². The van der Waals surface area contributed by atoms with E-state index in [4.69, 9.17) is 10.2 Å². The van der Waals surface area contributed by atoms with Gasteiger partial charge in [0.1, 0.15) is 5.71 Å². The molecule has 11 nitrogen and oxygen atoms in total. The van der Waals surface area contributed by atoms with Gasteiger partial charge in [0, 0.05) is 31.3 Å². The van der Waals surface area contributed by atoms with Crippen LogP contribution >= 0.6 is 11.3 Å². The molecule has 4 N–H and O–H groups in total. The van der Waals surface area contributed by atoms with Crippen molar-refractivity contribution in [1.29, 1.82) is 0 Å². The molecule has 204 valence electrons. The van der Waals surface area contributed by atoms with E-state index in [1.807, 2.05) is 35.9 Å². The van der Waals surface area contributed by atoms with E-state index in [1.165, 1.54) is 35.6 Å². The highest BCUT2D eigenvalue weighted by Gasteiger charge is 2.29. The predicted octanol–water partition coefficient (Wildman–Crippen LogP) is 1.11. The fraction of sp³-hybridized carbons (Fsp3) is 0.200. The van der Waals surface area contributed by atoms with Crippen LogP contribution in [0.3, 0.4) is 0 Å². The van der Waals surface area contributed by atoms with Crippen molar-refractivity contribution in [3.8, 4) is 11.1 Å². The van der Waals surface area contributed by atoms with Crippen molar-refractivity contribution >= 4 is 47.3 Å². The first-order valence-corrected chi connectivity index (χ1v) is 15.6. The first-order chi connectivity index (χ1) is 18.7. The van der Waals surface area contributed by atoms with E-state index in [9.17, 15) is 16.8 Å². The Labute approximate surface area is 228 Å². The molecule has 4 aromatic rings. The number of nitrogens with one attached hydrogen (secondary N) is 2. The number of para-hydroxylation sites is 1. The Morgan fingerprint density at radius 2 is 1.31 bits per heavy atom. The largest absolute Gasteiger partial charge is 0.395 e. The monoisotopic (exact) mass is 587 g/mol. The molecular weight excluding hydrogens is 563 g/mol. The highest BCUT2D eigenvalue weighted by Crippen LogP contribution is 2.39. The van der Waals surface area contributed by atoms with Crippen molar-refractivity contribution in [2.24, 2.45) is 17.3 Å². The number of aromatic nitrogens is 1. The molecule has 0 aliphatic heterocycles. The van der Waals surface area contributed by atoms with Gasteiger partial charge in [0.05, 0.1) is 33.2 Å². The summed E-state index contributed by atoms with van der Waals surface area (Å²) in [4.78, 5) is 0.542. The third kappa shape index (κ3) is 5.19. The van der Waals surface area contributed by atoms with Gasteiger partial charge in [0.2, 0.25) is 24.8 Å². The summed E-state index contributed by atoms with van der Waals surface area (Å²) in [5.41, 5.74) is 3.59. The second-order valence-corrected chi connectivity index (χ2v) is 13.2. The zero-order chi connectivity index (χ0) is 27.8. The van der Waals surface area contributed by atoms with Crippen LogP contribution in [0.2, 0.25) is 0 Å². The summed E-state index contributed by atoms with van der Waals surface area (Å²) in [7, 11) is -5.97. The maximum atomic E-state index is 12.8. The summed E-state index contributed by atoms with van der Waals surface area (Å²) in [6.45, 7) is -0.981. The highest BCUT2D eigenvalue weighted by atomic mass is 32.2. The molecule has 0 amide bonds. The summed E-state index contributed by atoms with van der Waals surface area (Å²) in [6, 6.07) is 16.9. The van der Waals surface area contributed by atoms with E-state index in [0.29, 0.717) is 32.8 Å².